The number of benzene rings is 8. The van der Waals surface area contributed by atoms with Gasteiger partial charge in [-0.25, -0.2) is 15.0 Å². The van der Waals surface area contributed by atoms with Crippen LogP contribution in [0.3, 0.4) is 0 Å². The van der Waals surface area contributed by atoms with E-state index in [1.54, 1.807) is 0 Å². The first kappa shape index (κ1) is 32.7. The lowest BCUT2D eigenvalue weighted by atomic mass is 9.82. The van der Waals surface area contributed by atoms with E-state index in [0.29, 0.717) is 17.5 Å². The molecule has 1 heterocycles. The van der Waals surface area contributed by atoms with Gasteiger partial charge in [0.15, 0.2) is 17.5 Å². The molecule has 0 radical (unpaired) electrons. The SMILES string of the molecule is CC1(C)c2ccccc2-c2cc(-c3ccc4cccc(-c5nc(-c6cccc(-c7ccccc7)c6)nc(-c6cccc(-c7ccccc7)c6)n5)c4c3)ccc21. The lowest BCUT2D eigenvalue weighted by Crippen LogP contribution is -2.14. The van der Waals surface area contributed by atoms with Crippen molar-refractivity contribution in [3.63, 3.8) is 0 Å². The van der Waals surface area contributed by atoms with Crippen LogP contribution in [0.2, 0.25) is 0 Å². The zero-order chi connectivity index (χ0) is 36.9. The maximum atomic E-state index is 5.23. The molecule has 0 saturated heterocycles. The number of nitrogens with zero attached hydrogens (tertiary/aromatic N) is 3. The third-order valence-electron chi connectivity index (χ3n) is 11.1. The van der Waals surface area contributed by atoms with Crippen LogP contribution in [0.4, 0.5) is 0 Å². The fourth-order valence-corrected chi connectivity index (χ4v) is 8.24. The second kappa shape index (κ2) is 13.2. The van der Waals surface area contributed by atoms with Crippen molar-refractivity contribution in [1.29, 1.82) is 0 Å². The summed E-state index contributed by atoms with van der Waals surface area (Å²) in [6.45, 7) is 4.65. The first-order chi connectivity index (χ1) is 27.0. The van der Waals surface area contributed by atoms with Crippen LogP contribution in [0, 0.1) is 0 Å². The monoisotopic (exact) mass is 703 g/mol. The summed E-state index contributed by atoms with van der Waals surface area (Å²) >= 11 is 0. The van der Waals surface area contributed by atoms with Crippen molar-refractivity contribution < 1.29 is 0 Å². The highest BCUT2D eigenvalue weighted by Gasteiger charge is 2.35. The first-order valence-electron chi connectivity index (χ1n) is 18.9. The summed E-state index contributed by atoms with van der Waals surface area (Å²) < 4.78 is 0. The Morgan fingerprint density at radius 1 is 0.309 bits per heavy atom. The Morgan fingerprint density at radius 3 is 1.45 bits per heavy atom. The van der Waals surface area contributed by atoms with Crippen LogP contribution in [0.1, 0.15) is 25.0 Å². The summed E-state index contributed by atoms with van der Waals surface area (Å²) in [6, 6.07) is 66.8. The summed E-state index contributed by atoms with van der Waals surface area (Å²) in [7, 11) is 0. The van der Waals surface area contributed by atoms with Gasteiger partial charge in [-0.2, -0.15) is 0 Å². The summed E-state index contributed by atoms with van der Waals surface area (Å²) in [5.41, 5.74) is 15.1. The van der Waals surface area contributed by atoms with E-state index in [-0.39, 0.29) is 5.41 Å². The Morgan fingerprint density at radius 2 is 0.782 bits per heavy atom. The lowest BCUT2D eigenvalue weighted by molar-refractivity contribution is 0.660. The van der Waals surface area contributed by atoms with E-state index in [1.165, 1.54) is 27.8 Å². The molecule has 1 aliphatic carbocycles. The van der Waals surface area contributed by atoms with Gasteiger partial charge in [-0.15, -0.1) is 0 Å². The van der Waals surface area contributed by atoms with Crippen molar-refractivity contribution in [3.8, 4) is 78.7 Å². The highest BCUT2D eigenvalue weighted by molar-refractivity contribution is 5.98. The molecule has 0 spiro atoms. The predicted octanol–water partition coefficient (Wildman–Crippen LogP) is 13.3. The molecule has 0 saturated carbocycles. The van der Waals surface area contributed by atoms with Crippen LogP contribution >= 0.6 is 0 Å². The number of fused-ring (bicyclic) bond motifs is 4. The molecule has 1 aromatic heterocycles. The van der Waals surface area contributed by atoms with Crippen molar-refractivity contribution in [2.45, 2.75) is 19.3 Å². The van der Waals surface area contributed by atoms with E-state index in [4.69, 9.17) is 15.0 Å². The Labute approximate surface area is 321 Å². The first-order valence-corrected chi connectivity index (χ1v) is 18.9. The van der Waals surface area contributed by atoms with Gasteiger partial charge in [-0.1, -0.05) is 178 Å². The van der Waals surface area contributed by atoms with Gasteiger partial charge >= 0.3 is 0 Å². The molecule has 8 aromatic carbocycles. The highest BCUT2D eigenvalue weighted by Crippen LogP contribution is 2.49. The minimum atomic E-state index is -0.0314. The Balaban J connectivity index is 1.14. The number of rotatable bonds is 6. The van der Waals surface area contributed by atoms with Crippen LogP contribution < -0.4 is 0 Å². The highest BCUT2D eigenvalue weighted by atomic mass is 15.0. The quantitative estimate of drug-likeness (QED) is 0.173. The minimum absolute atomic E-state index is 0.0314. The van der Waals surface area contributed by atoms with Gasteiger partial charge in [-0.3, -0.25) is 0 Å². The maximum Gasteiger partial charge on any atom is 0.164 e. The van der Waals surface area contributed by atoms with E-state index in [0.717, 1.165) is 55.3 Å². The van der Waals surface area contributed by atoms with Gasteiger partial charge in [0, 0.05) is 22.1 Å². The molecule has 260 valence electrons. The summed E-state index contributed by atoms with van der Waals surface area (Å²) in [6.07, 6.45) is 0. The van der Waals surface area contributed by atoms with Crippen LogP contribution in [-0.4, -0.2) is 15.0 Å². The molecule has 0 amide bonds. The fourth-order valence-electron chi connectivity index (χ4n) is 8.24. The van der Waals surface area contributed by atoms with Crippen molar-refractivity contribution in [1.82, 2.24) is 15.0 Å². The summed E-state index contributed by atoms with van der Waals surface area (Å²) in [5, 5.41) is 2.23. The minimum Gasteiger partial charge on any atom is -0.208 e. The largest absolute Gasteiger partial charge is 0.208 e. The van der Waals surface area contributed by atoms with E-state index < -0.39 is 0 Å². The van der Waals surface area contributed by atoms with Gasteiger partial charge in [0.05, 0.1) is 0 Å². The van der Waals surface area contributed by atoms with Gasteiger partial charge in [-0.05, 0) is 90.7 Å². The van der Waals surface area contributed by atoms with Gasteiger partial charge < -0.3 is 0 Å². The van der Waals surface area contributed by atoms with Gasteiger partial charge in [0.2, 0.25) is 0 Å². The summed E-state index contributed by atoms with van der Waals surface area (Å²) in [4.78, 5) is 15.6. The summed E-state index contributed by atoms with van der Waals surface area (Å²) in [5.74, 6) is 1.91. The van der Waals surface area contributed by atoms with E-state index in [9.17, 15) is 0 Å². The van der Waals surface area contributed by atoms with Crippen LogP contribution in [0.25, 0.3) is 89.4 Å². The zero-order valence-corrected chi connectivity index (χ0v) is 30.7. The number of hydrogen-bond acceptors (Lipinski definition) is 3. The molecule has 0 unspecified atom stereocenters. The molecular formula is C52H37N3. The van der Waals surface area contributed by atoms with E-state index >= 15 is 0 Å². The van der Waals surface area contributed by atoms with Crippen molar-refractivity contribution in [2.24, 2.45) is 0 Å². The molecule has 0 bridgehead atoms. The van der Waals surface area contributed by atoms with Crippen LogP contribution in [0.5, 0.6) is 0 Å². The molecule has 10 rings (SSSR count). The van der Waals surface area contributed by atoms with Crippen LogP contribution in [0.15, 0.2) is 188 Å². The predicted molar refractivity (Wildman–Crippen MR) is 228 cm³/mol. The third-order valence-corrected chi connectivity index (χ3v) is 11.1. The van der Waals surface area contributed by atoms with Gasteiger partial charge in [0.1, 0.15) is 0 Å². The Hall–Kier alpha value is -6.97. The Bertz CT molecular complexity index is 2790. The molecule has 0 atom stereocenters. The molecular weight excluding hydrogens is 667 g/mol. The molecule has 9 aromatic rings. The smallest absolute Gasteiger partial charge is 0.164 e. The van der Waals surface area contributed by atoms with Crippen molar-refractivity contribution >= 4 is 10.8 Å². The van der Waals surface area contributed by atoms with E-state index in [1.807, 2.05) is 12.1 Å². The number of aromatic nitrogens is 3. The van der Waals surface area contributed by atoms with Gasteiger partial charge in [0.25, 0.3) is 0 Å². The lowest BCUT2D eigenvalue weighted by Gasteiger charge is -2.21. The zero-order valence-electron chi connectivity index (χ0n) is 30.7. The molecule has 3 nitrogen and oxygen atoms in total. The standard InChI is InChI=1S/C52H37N3/c1-52(2)47-25-10-9-23-43(47)46-33-40(28-29-48(46)52)39-27-26-36-18-13-24-44(45(36)32-39)51-54-49(41-21-11-19-37(30-41)34-14-5-3-6-15-34)53-50(55-51)42-22-12-20-38(31-42)35-16-7-4-8-17-35/h3-33H,1-2H3. The Kier molecular flexibility index (Phi) is 7.81. The second-order valence-corrected chi connectivity index (χ2v) is 14.9. The molecule has 0 N–H and O–H groups in total. The molecule has 1 aliphatic rings. The number of hydrogen-bond donors (Lipinski definition) is 0. The van der Waals surface area contributed by atoms with Crippen molar-refractivity contribution in [2.75, 3.05) is 0 Å². The topological polar surface area (TPSA) is 38.7 Å². The molecule has 55 heavy (non-hydrogen) atoms. The van der Waals surface area contributed by atoms with E-state index in [2.05, 4.69) is 190 Å². The third kappa shape index (κ3) is 5.82. The second-order valence-electron chi connectivity index (χ2n) is 14.9. The average Bonchev–Trinajstić information content (AvgIpc) is 3.49. The molecule has 0 aliphatic heterocycles. The average molecular weight is 704 g/mol. The van der Waals surface area contributed by atoms with Crippen LogP contribution in [-0.2, 0) is 5.41 Å². The fraction of sp³-hybridized carbons (Fsp3) is 0.0577. The molecule has 0 fully saturated rings. The maximum absolute atomic E-state index is 5.23. The normalized spacial score (nSPS) is 12.7. The molecule has 3 heteroatoms. The van der Waals surface area contributed by atoms with Crippen molar-refractivity contribution in [3.05, 3.63) is 199 Å².